The molecular formula is C86H168O17P2. The molecule has 0 bridgehead atoms. The molecule has 0 aliphatic rings. The van der Waals surface area contributed by atoms with Crippen molar-refractivity contribution in [2.24, 2.45) is 23.7 Å². The standard InChI is InChI=1S/C86H168O17P2/c1-9-78(7)64-56-48-40-34-28-22-18-13-11-12-14-19-23-29-35-41-50-58-66-83(88)96-72-81(102-85(90)68-60-52-42-36-30-24-20-16-15-17-21-26-32-38-46-54-62-76(3)4)74-100-104(92,93)98-70-80(87)71-99-105(94,95)101-75-82(73-97-84(89)67-59-51-45-44-49-57-65-79(8)10-2)103-86(91)69-61-53-43-37-31-25-27-33-39-47-55-63-77(5)6/h76-82,87H,9-75H2,1-8H3,(H,92,93)(H,94,95)/t78?,79?,80-,81-,82-/m1/s1. The predicted octanol–water partition coefficient (Wildman–Crippen LogP) is 25.9. The van der Waals surface area contributed by atoms with Gasteiger partial charge < -0.3 is 33.8 Å². The number of phosphoric ester groups is 2. The van der Waals surface area contributed by atoms with E-state index >= 15 is 0 Å². The Balaban J connectivity index is 5.22. The van der Waals surface area contributed by atoms with E-state index in [0.717, 1.165) is 120 Å². The summed E-state index contributed by atoms with van der Waals surface area (Å²) in [7, 11) is -9.93. The lowest BCUT2D eigenvalue weighted by Crippen LogP contribution is -2.30. The topological polar surface area (TPSA) is 237 Å². The van der Waals surface area contributed by atoms with Gasteiger partial charge in [0, 0.05) is 25.7 Å². The molecule has 0 spiro atoms. The number of carbonyl (C=O) groups excluding carboxylic acids is 4. The fourth-order valence-corrected chi connectivity index (χ4v) is 14.8. The highest BCUT2D eigenvalue weighted by Crippen LogP contribution is 2.45. The van der Waals surface area contributed by atoms with Gasteiger partial charge in [-0.2, -0.15) is 0 Å². The first-order valence-corrected chi connectivity index (χ1v) is 47.3. The summed E-state index contributed by atoms with van der Waals surface area (Å²) >= 11 is 0. The van der Waals surface area contributed by atoms with Gasteiger partial charge in [-0.15, -0.1) is 0 Å². The quantitative estimate of drug-likeness (QED) is 0.0222. The average molecular weight is 1540 g/mol. The van der Waals surface area contributed by atoms with Crippen LogP contribution >= 0.6 is 15.6 Å². The molecule has 17 nitrogen and oxygen atoms in total. The molecular weight excluding hydrogens is 1370 g/mol. The molecule has 0 rings (SSSR count). The van der Waals surface area contributed by atoms with Gasteiger partial charge in [-0.1, -0.05) is 396 Å². The third-order valence-electron chi connectivity index (χ3n) is 20.8. The lowest BCUT2D eigenvalue weighted by atomic mass is 9.99. The smallest absolute Gasteiger partial charge is 0.462 e. The molecule has 0 aliphatic carbocycles. The molecule has 105 heavy (non-hydrogen) atoms. The fraction of sp³-hybridized carbons (Fsp3) is 0.953. The summed E-state index contributed by atoms with van der Waals surface area (Å²) in [5, 5.41) is 10.7. The normalized spacial score (nSPS) is 14.4. The lowest BCUT2D eigenvalue weighted by molar-refractivity contribution is -0.161. The number of hydrogen-bond donors (Lipinski definition) is 3. The van der Waals surface area contributed by atoms with Gasteiger partial charge in [-0.05, 0) is 49.4 Å². The van der Waals surface area contributed by atoms with Crippen LogP contribution in [0.1, 0.15) is 447 Å². The number of phosphoric acid groups is 2. The van der Waals surface area contributed by atoms with Gasteiger partial charge in [0.25, 0.3) is 0 Å². The van der Waals surface area contributed by atoms with Gasteiger partial charge in [0.15, 0.2) is 12.2 Å². The Hall–Kier alpha value is -1.94. The van der Waals surface area contributed by atoms with Crippen molar-refractivity contribution in [2.45, 2.75) is 465 Å². The average Bonchev–Trinajstić information content (AvgIpc) is 0.902. The number of unbranched alkanes of at least 4 members (excludes halogenated alkanes) is 47. The number of carbonyl (C=O) groups is 4. The minimum Gasteiger partial charge on any atom is -0.462 e. The van der Waals surface area contributed by atoms with E-state index in [1.54, 1.807) is 0 Å². The Kier molecular flexibility index (Phi) is 73.4. The number of ether oxygens (including phenoxy) is 4. The molecule has 0 aromatic carbocycles. The molecule has 624 valence electrons. The van der Waals surface area contributed by atoms with E-state index < -0.39 is 97.5 Å². The number of esters is 4. The Morgan fingerprint density at radius 1 is 0.267 bits per heavy atom. The Morgan fingerprint density at radius 3 is 0.676 bits per heavy atom. The van der Waals surface area contributed by atoms with Crippen LogP contribution in [-0.2, 0) is 65.4 Å². The molecule has 0 amide bonds. The first-order chi connectivity index (χ1) is 50.7. The van der Waals surface area contributed by atoms with E-state index in [0.29, 0.717) is 25.7 Å². The second kappa shape index (κ2) is 74.8. The third-order valence-corrected chi connectivity index (χ3v) is 22.7. The zero-order chi connectivity index (χ0) is 77.4. The van der Waals surface area contributed by atoms with Crippen molar-refractivity contribution in [2.75, 3.05) is 39.6 Å². The first-order valence-electron chi connectivity index (χ1n) is 44.3. The van der Waals surface area contributed by atoms with Crippen LogP contribution in [0.3, 0.4) is 0 Å². The second-order valence-corrected chi connectivity index (χ2v) is 35.3. The van der Waals surface area contributed by atoms with E-state index in [9.17, 15) is 43.2 Å². The summed E-state index contributed by atoms with van der Waals surface area (Å²) in [6.45, 7) is 14.3. The zero-order valence-electron chi connectivity index (χ0n) is 69.4. The molecule has 0 aliphatic heterocycles. The Bertz CT molecular complexity index is 2050. The van der Waals surface area contributed by atoms with Crippen LogP contribution in [0, 0.1) is 23.7 Å². The molecule has 0 saturated carbocycles. The van der Waals surface area contributed by atoms with Crippen molar-refractivity contribution >= 4 is 39.5 Å². The van der Waals surface area contributed by atoms with Gasteiger partial charge in [-0.25, -0.2) is 9.13 Å². The van der Waals surface area contributed by atoms with Crippen molar-refractivity contribution in [1.29, 1.82) is 0 Å². The summed E-state index contributed by atoms with van der Waals surface area (Å²) in [6.07, 6.45) is 63.9. The van der Waals surface area contributed by atoms with Crippen molar-refractivity contribution in [3.8, 4) is 0 Å². The van der Waals surface area contributed by atoms with E-state index in [1.165, 1.54) is 244 Å². The van der Waals surface area contributed by atoms with Gasteiger partial charge in [0.1, 0.15) is 19.3 Å². The highest BCUT2D eigenvalue weighted by atomic mass is 31.2. The minimum absolute atomic E-state index is 0.105. The zero-order valence-corrected chi connectivity index (χ0v) is 71.2. The van der Waals surface area contributed by atoms with Crippen LogP contribution in [0.15, 0.2) is 0 Å². The molecule has 0 radical (unpaired) electrons. The maximum absolute atomic E-state index is 13.1. The molecule has 0 saturated heterocycles. The van der Waals surface area contributed by atoms with Gasteiger partial charge in [0.05, 0.1) is 26.4 Å². The molecule has 0 aromatic heterocycles. The van der Waals surface area contributed by atoms with Gasteiger partial charge in [-0.3, -0.25) is 37.3 Å². The van der Waals surface area contributed by atoms with E-state index in [4.69, 9.17) is 37.0 Å². The summed E-state index contributed by atoms with van der Waals surface area (Å²) in [5.74, 6) is 1.07. The van der Waals surface area contributed by atoms with Crippen molar-refractivity contribution in [3.05, 3.63) is 0 Å². The van der Waals surface area contributed by atoms with Gasteiger partial charge in [0.2, 0.25) is 0 Å². The fourth-order valence-electron chi connectivity index (χ4n) is 13.3. The maximum atomic E-state index is 13.1. The van der Waals surface area contributed by atoms with E-state index in [-0.39, 0.29) is 25.7 Å². The van der Waals surface area contributed by atoms with Crippen LogP contribution in [0.4, 0.5) is 0 Å². The van der Waals surface area contributed by atoms with Crippen molar-refractivity contribution in [1.82, 2.24) is 0 Å². The Morgan fingerprint density at radius 2 is 0.457 bits per heavy atom. The summed E-state index contributed by atoms with van der Waals surface area (Å²) in [4.78, 5) is 73.2. The number of rotatable bonds is 83. The SMILES string of the molecule is CCC(C)CCCCCCCCCCCCCCCCCCCCC(=O)OC[C@H](COP(=O)(O)OC[C@@H](O)COP(=O)(O)OC[C@@H](COC(=O)CCCCCCCCC(C)CC)OC(=O)CCCCCCCCCCCCCC(C)C)OC(=O)CCCCCCCCCCCCCCCCCCC(C)C. The monoisotopic (exact) mass is 1540 g/mol. The van der Waals surface area contributed by atoms with Crippen LogP contribution in [0.2, 0.25) is 0 Å². The molecule has 19 heteroatoms. The van der Waals surface area contributed by atoms with Crippen LogP contribution in [0.5, 0.6) is 0 Å². The molecule has 0 aromatic rings. The Labute approximate surface area is 645 Å². The third kappa shape index (κ3) is 77.2. The second-order valence-electron chi connectivity index (χ2n) is 32.4. The number of aliphatic hydroxyl groups is 1. The highest BCUT2D eigenvalue weighted by Gasteiger charge is 2.31. The molecule has 4 unspecified atom stereocenters. The molecule has 3 N–H and O–H groups in total. The van der Waals surface area contributed by atoms with E-state index in [2.05, 4.69) is 55.4 Å². The molecule has 7 atom stereocenters. The van der Waals surface area contributed by atoms with Crippen LogP contribution < -0.4 is 0 Å². The summed E-state index contributed by atoms with van der Waals surface area (Å²) < 4.78 is 68.9. The lowest BCUT2D eigenvalue weighted by Gasteiger charge is -2.21. The van der Waals surface area contributed by atoms with Crippen LogP contribution in [-0.4, -0.2) is 96.7 Å². The molecule has 0 fully saturated rings. The molecule has 0 heterocycles. The minimum atomic E-state index is -4.97. The van der Waals surface area contributed by atoms with E-state index in [1.807, 2.05) is 0 Å². The predicted molar refractivity (Wildman–Crippen MR) is 432 cm³/mol. The van der Waals surface area contributed by atoms with Crippen molar-refractivity contribution < 1.29 is 80.2 Å². The van der Waals surface area contributed by atoms with Gasteiger partial charge >= 0.3 is 39.5 Å². The summed E-state index contributed by atoms with van der Waals surface area (Å²) in [5.41, 5.74) is 0. The highest BCUT2D eigenvalue weighted by molar-refractivity contribution is 7.47. The number of hydrogen-bond acceptors (Lipinski definition) is 15. The van der Waals surface area contributed by atoms with Crippen LogP contribution in [0.25, 0.3) is 0 Å². The first kappa shape index (κ1) is 103. The number of aliphatic hydroxyl groups excluding tert-OH is 1. The maximum Gasteiger partial charge on any atom is 0.472 e. The summed E-state index contributed by atoms with van der Waals surface area (Å²) in [6, 6.07) is 0. The largest absolute Gasteiger partial charge is 0.472 e. The van der Waals surface area contributed by atoms with Crippen molar-refractivity contribution in [3.63, 3.8) is 0 Å².